The van der Waals surface area contributed by atoms with E-state index in [1.165, 1.54) is 10.9 Å². The number of nitrogens with zero attached hydrogens (tertiary/aromatic N) is 5. The lowest BCUT2D eigenvalue weighted by molar-refractivity contribution is -0.119. The van der Waals surface area contributed by atoms with E-state index in [0.717, 1.165) is 18.4 Å². The number of ketones is 1. The van der Waals surface area contributed by atoms with Crippen molar-refractivity contribution in [2.45, 2.75) is 25.3 Å². The molecular weight excluding hydrogens is 496 g/mol. The van der Waals surface area contributed by atoms with Gasteiger partial charge in [0.05, 0.1) is 17.9 Å². The first-order chi connectivity index (χ1) is 17.5. The number of halogens is 1. The van der Waals surface area contributed by atoms with Crippen LogP contribution in [0.2, 0.25) is 0 Å². The largest absolute Gasteiger partial charge is 0.492 e. The minimum atomic E-state index is -0.354. The molecule has 4 rings (SSSR count). The quantitative estimate of drug-likeness (QED) is 0.382. The Morgan fingerprint density at radius 3 is 2.81 bits per heavy atom. The summed E-state index contributed by atoms with van der Waals surface area (Å²) in [7, 11) is 1.94. The zero-order chi connectivity index (χ0) is 25.5. The number of nitrogens with one attached hydrogen (secondary N) is 2. The summed E-state index contributed by atoms with van der Waals surface area (Å²) >= 11 is 0. The zero-order valence-electron chi connectivity index (χ0n) is 20.6. The molecule has 0 radical (unpaired) electrons. The van der Waals surface area contributed by atoms with E-state index in [1.54, 1.807) is 30.5 Å². The monoisotopic (exact) mass is 526 g/mol. The van der Waals surface area contributed by atoms with Gasteiger partial charge in [0, 0.05) is 44.5 Å². The number of Topliss-reactive ketones (excluding diaryl/α,β-unsaturated/α-hetero) is 1. The maximum absolute atomic E-state index is 13.0. The SMILES string of the molecule is CN(c1ncnc2c1ccn2C(=O)Nc1ccc(OCCN)cc1)[C@H]1CNCC[C@@H]1CC(=O)CC#N.Cl. The summed E-state index contributed by atoms with van der Waals surface area (Å²) in [5, 5.41) is 15.9. The second-order valence-electron chi connectivity index (χ2n) is 8.72. The van der Waals surface area contributed by atoms with Gasteiger partial charge in [-0.15, -0.1) is 12.4 Å². The van der Waals surface area contributed by atoms with Crippen LogP contribution >= 0.6 is 12.4 Å². The summed E-state index contributed by atoms with van der Waals surface area (Å²) in [4.78, 5) is 36.1. The molecule has 1 aliphatic rings. The van der Waals surface area contributed by atoms with E-state index < -0.39 is 0 Å². The molecule has 1 fully saturated rings. The van der Waals surface area contributed by atoms with Gasteiger partial charge < -0.3 is 26.0 Å². The lowest BCUT2D eigenvalue weighted by atomic mass is 9.86. The number of nitriles is 1. The Labute approximate surface area is 221 Å². The molecule has 2 aromatic heterocycles. The number of carbonyl (C=O) groups is 2. The maximum atomic E-state index is 13.0. The van der Waals surface area contributed by atoms with Crippen LogP contribution in [0.25, 0.3) is 11.0 Å². The molecule has 1 saturated heterocycles. The van der Waals surface area contributed by atoms with Gasteiger partial charge in [0.25, 0.3) is 0 Å². The normalized spacial score (nSPS) is 16.9. The lowest BCUT2D eigenvalue weighted by Crippen LogP contribution is -2.50. The van der Waals surface area contributed by atoms with E-state index >= 15 is 0 Å². The van der Waals surface area contributed by atoms with Crippen molar-refractivity contribution in [3.05, 3.63) is 42.9 Å². The highest BCUT2D eigenvalue weighted by Gasteiger charge is 2.31. The first-order valence-corrected chi connectivity index (χ1v) is 11.9. The third kappa shape index (κ3) is 6.54. The molecular formula is C25H31ClN8O3. The fourth-order valence-corrected chi connectivity index (χ4v) is 4.58. The van der Waals surface area contributed by atoms with E-state index in [2.05, 4.69) is 20.6 Å². The van der Waals surface area contributed by atoms with E-state index in [0.29, 0.717) is 49.0 Å². The number of aromatic nitrogens is 3. The predicted octanol–water partition coefficient (Wildman–Crippen LogP) is 2.56. The smallest absolute Gasteiger partial charge is 0.331 e. The summed E-state index contributed by atoms with van der Waals surface area (Å²) in [6.07, 6.45) is 4.22. The summed E-state index contributed by atoms with van der Waals surface area (Å²) in [6, 6.07) is 10.5. The molecule has 0 unspecified atom stereocenters. The fourth-order valence-electron chi connectivity index (χ4n) is 4.58. The highest BCUT2D eigenvalue weighted by atomic mass is 35.5. The Kier molecular flexibility index (Phi) is 9.79. The molecule has 1 aromatic carbocycles. The van der Waals surface area contributed by atoms with Crippen molar-refractivity contribution < 1.29 is 14.3 Å². The molecule has 37 heavy (non-hydrogen) atoms. The third-order valence-electron chi connectivity index (χ3n) is 6.36. The van der Waals surface area contributed by atoms with Crippen LogP contribution in [0.3, 0.4) is 0 Å². The number of nitrogens with two attached hydrogens (primary N) is 1. The first-order valence-electron chi connectivity index (χ1n) is 11.9. The Bertz CT molecular complexity index is 1260. The number of hydrogen-bond acceptors (Lipinski definition) is 9. The van der Waals surface area contributed by atoms with Crippen LogP contribution in [0, 0.1) is 17.2 Å². The van der Waals surface area contributed by atoms with Crippen molar-refractivity contribution >= 4 is 46.8 Å². The topological polar surface area (TPSA) is 151 Å². The van der Waals surface area contributed by atoms with Crippen molar-refractivity contribution in [3.8, 4) is 11.8 Å². The van der Waals surface area contributed by atoms with Crippen LogP contribution < -0.4 is 26.0 Å². The molecule has 3 heterocycles. The van der Waals surface area contributed by atoms with Crippen molar-refractivity contribution in [2.24, 2.45) is 11.7 Å². The van der Waals surface area contributed by atoms with Crippen molar-refractivity contribution in [3.63, 3.8) is 0 Å². The van der Waals surface area contributed by atoms with Crippen molar-refractivity contribution in [1.29, 1.82) is 5.26 Å². The number of anilines is 2. The maximum Gasteiger partial charge on any atom is 0.331 e. The predicted molar refractivity (Wildman–Crippen MR) is 143 cm³/mol. The molecule has 0 bridgehead atoms. The fraction of sp³-hybridized carbons (Fsp3) is 0.400. The molecule has 4 N–H and O–H groups in total. The third-order valence-corrected chi connectivity index (χ3v) is 6.36. The van der Waals surface area contributed by atoms with E-state index in [9.17, 15) is 9.59 Å². The molecule has 1 amide bonds. The molecule has 0 saturated carbocycles. The second-order valence-corrected chi connectivity index (χ2v) is 8.72. The average Bonchev–Trinajstić information content (AvgIpc) is 3.33. The molecule has 196 valence electrons. The number of fused-ring (bicyclic) bond motifs is 1. The number of hydrogen-bond donors (Lipinski definition) is 3. The van der Waals surface area contributed by atoms with Crippen molar-refractivity contribution in [1.82, 2.24) is 19.9 Å². The van der Waals surface area contributed by atoms with Gasteiger partial charge in [0.1, 0.15) is 30.3 Å². The Morgan fingerprint density at radius 1 is 1.30 bits per heavy atom. The number of carbonyl (C=O) groups excluding carboxylic acids is 2. The summed E-state index contributed by atoms with van der Waals surface area (Å²) in [6.45, 7) is 2.37. The Balaban J connectivity index is 0.00000380. The van der Waals surface area contributed by atoms with Gasteiger partial charge in [0.2, 0.25) is 0 Å². The summed E-state index contributed by atoms with van der Waals surface area (Å²) in [5.74, 6) is 1.41. The van der Waals surface area contributed by atoms with Crippen LogP contribution in [-0.2, 0) is 4.79 Å². The summed E-state index contributed by atoms with van der Waals surface area (Å²) < 4.78 is 6.91. The molecule has 2 atom stereocenters. The van der Waals surface area contributed by atoms with Crippen LogP contribution in [0.1, 0.15) is 19.3 Å². The van der Waals surface area contributed by atoms with E-state index in [4.69, 9.17) is 15.7 Å². The average molecular weight is 527 g/mol. The number of likely N-dealkylation sites (N-methyl/N-ethyl adjacent to an activating group) is 1. The highest BCUT2D eigenvalue weighted by Crippen LogP contribution is 2.30. The van der Waals surface area contributed by atoms with Gasteiger partial charge >= 0.3 is 6.03 Å². The number of ether oxygens (including phenoxy) is 1. The van der Waals surface area contributed by atoms with Gasteiger partial charge in [-0.3, -0.25) is 9.36 Å². The van der Waals surface area contributed by atoms with Crippen LogP contribution in [0.5, 0.6) is 5.75 Å². The van der Waals surface area contributed by atoms with Gasteiger partial charge in [0.15, 0.2) is 5.65 Å². The Hall–Kier alpha value is -3.72. The Morgan fingerprint density at radius 2 is 2.08 bits per heavy atom. The number of benzene rings is 1. The highest BCUT2D eigenvalue weighted by molar-refractivity contribution is 6.00. The number of amides is 1. The van der Waals surface area contributed by atoms with Gasteiger partial charge in [-0.2, -0.15) is 5.26 Å². The van der Waals surface area contributed by atoms with Crippen LogP contribution in [-0.4, -0.2) is 65.7 Å². The van der Waals surface area contributed by atoms with Crippen LogP contribution in [0.4, 0.5) is 16.3 Å². The summed E-state index contributed by atoms with van der Waals surface area (Å²) in [5.41, 5.74) is 6.55. The number of piperidine rings is 1. The van der Waals surface area contributed by atoms with E-state index in [1.807, 2.05) is 24.1 Å². The van der Waals surface area contributed by atoms with Gasteiger partial charge in [-0.25, -0.2) is 14.8 Å². The van der Waals surface area contributed by atoms with Gasteiger partial charge in [-0.05, 0) is 49.2 Å². The minimum Gasteiger partial charge on any atom is -0.492 e. The molecule has 12 heteroatoms. The number of rotatable bonds is 9. The zero-order valence-corrected chi connectivity index (χ0v) is 21.4. The van der Waals surface area contributed by atoms with Crippen molar-refractivity contribution in [2.75, 3.05) is 43.5 Å². The van der Waals surface area contributed by atoms with Gasteiger partial charge in [-0.1, -0.05) is 0 Å². The molecule has 11 nitrogen and oxygen atoms in total. The molecule has 0 aliphatic carbocycles. The molecule has 3 aromatic rings. The standard InChI is InChI=1S/C25H30N8O3.ClH/c1-32(22-15-28-11-7-17(22)14-19(34)6-9-26)23-21-8-12-33(24(21)30-16-29-23)25(35)31-18-2-4-20(5-3-18)36-13-10-27;/h2-5,8,12,16-17,22,28H,6-7,10-11,13-15,27H2,1H3,(H,31,35);1H/t17-,22+;/m1./s1. The van der Waals surface area contributed by atoms with Crippen LogP contribution in [0.15, 0.2) is 42.9 Å². The second kappa shape index (κ2) is 13.0. The molecule has 0 spiro atoms. The molecule has 1 aliphatic heterocycles. The van der Waals surface area contributed by atoms with E-state index in [-0.39, 0.29) is 42.6 Å². The lowest BCUT2D eigenvalue weighted by Gasteiger charge is -2.39. The minimum absolute atomic E-state index is 0. The first kappa shape index (κ1) is 27.9.